The highest BCUT2D eigenvalue weighted by molar-refractivity contribution is 6.33. The van der Waals surface area contributed by atoms with Crippen LogP contribution in [0.25, 0.3) is 27.8 Å². The lowest BCUT2D eigenvalue weighted by molar-refractivity contribution is -0.124. The Kier molecular flexibility index (Phi) is 8.36. The Labute approximate surface area is 250 Å². The zero-order valence-electron chi connectivity index (χ0n) is 24.1. The summed E-state index contributed by atoms with van der Waals surface area (Å²) in [5.41, 5.74) is 3.51. The van der Waals surface area contributed by atoms with Crippen molar-refractivity contribution in [1.82, 2.24) is 9.78 Å². The Bertz CT molecular complexity index is 1580. The molecule has 0 bridgehead atoms. The molecular weight excluding hydrogens is 554 g/mol. The number of carbonyl (C=O) groups excluding carboxylic acids is 2. The van der Waals surface area contributed by atoms with E-state index in [1.54, 1.807) is 29.0 Å². The van der Waals surface area contributed by atoms with Gasteiger partial charge in [-0.1, -0.05) is 36.7 Å². The van der Waals surface area contributed by atoms with Crippen LogP contribution in [0.2, 0.25) is 5.02 Å². The van der Waals surface area contributed by atoms with E-state index >= 15 is 0 Å². The van der Waals surface area contributed by atoms with Crippen molar-refractivity contribution in [3.63, 3.8) is 0 Å². The number of rotatable bonds is 7. The van der Waals surface area contributed by atoms with Crippen molar-refractivity contribution in [2.75, 3.05) is 24.7 Å². The molecule has 8 nitrogen and oxygen atoms in total. The number of carbonyl (C=O) groups is 2. The predicted octanol–water partition coefficient (Wildman–Crippen LogP) is 7.45. The molecule has 2 fully saturated rings. The van der Waals surface area contributed by atoms with Crippen LogP contribution in [0, 0.1) is 11.8 Å². The molecule has 0 N–H and O–H groups in total. The Morgan fingerprint density at radius 1 is 1.05 bits per heavy atom. The Morgan fingerprint density at radius 3 is 2.57 bits per heavy atom. The molecule has 1 saturated heterocycles. The van der Waals surface area contributed by atoms with Crippen LogP contribution in [0.5, 0.6) is 0 Å². The lowest BCUT2D eigenvalue weighted by atomic mass is 9.82. The molecule has 9 heteroatoms. The smallest absolute Gasteiger partial charge is 0.343 e. The minimum absolute atomic E-state index is 0.0336. The molecule has 0 spiro atoms. The number of fused-ring (bicyclic) bond motifs is 1. The number of ether oxygens (including phenoxy) is 2. The van der Waals surface area contributed by atoms with E-state index in [9.17, 15) is 9.59 Å². The zero-order valence-corrected chi connectivity index (χ0v) is 24.8. The van der Waals surface area contributed by atoms with Crippen LogP contribution in [-0.4, -0.2) is 47.5 Å². The molecule has 1 amide bonds. The van der Waals surface area contributed by atoms with Crippen molar-refractivity contribution in [2.24, 2.45) is 11.8 Å². The fourth-order valence-electron chi connectivity index (χ4n) is 6.14. The highest BCUT2D eigenvalue weighted by atomic mass is 35.5. The van der Waals surface area contributed by atoms with Gasteiger partial charge in [0, 0.05) is 42.3 Å². The minimum Gasteiger partial charge on any atom is -0.464 e. The normalized spacial score (nSPS) is 19.6. The third-order valence-electron chi connectivity index (χ3n) is 8.56. The number of esters is 1. The van der Waals surface area contributed by atoms with Crippen molar-refractivity contribution in [3.8, 4) is 16.8 Å². The van der Waals surface area contributed by atoms with Gasteiger partial charge < -0.3 is 13.9 Å². The Hall–Kier alpha value is -3.62. The number of halogens is 1. The average Bonchev–Trinajstić information content (AvgIpc) is 3.66. The van der Waals surface area contributed by atoms with Crippen LogP contribution >= 0.6 is 11.6 Å². The van der Waals surface area contributed by atoms with Crippen molar-refractivity contribution in [2.45, 2.75) is 58.4 Å². The summed E-state index contributed by atoms with van der Waals surface area (Å²) in [6.45, 7) is 5.35. The largest absolute Gasteiger partial charge is 0.464 e. The Balaban J connectivity index is 1.39. The first-order valence-corrected chi connectivity index (χ1v) is 15.3. The van der Waals surface area contributed by atoms with Crippen molar-refractivity contribution in [3.05, 3.63) is 65.5 Å². The molecule has 3 heterocycles. The van der Waals surface area contributed by atoms with Crippen molar-refractivity contribution in [1.29, 1.82) is 0 Å². The van der Waals surface area contributed by atoms with Crippen molar-refractivity contribution >= 4 is 40.3 Å². The summed E-state index contributed by atoms with van der Waals surface area (Å²) in [5.74, 6) is 0.396. The molecule has 2 aromatic carbocycles. The fraction of sp³-hybridized carbons (Fsp3) is 0.424. The number of amides is 1. The van der Waals surface area contributed by atoms with Crippen LogP contribution in [0.15, 0.2) is 59.3 Å². The summed E-state index contributed by atoms with van der Waals surface area (Å²) in [7, 11) is 0. The molecule has 42 heavy (non-hydrogen) atoms. The van der Waals surface area contributed by atoms with Crippen LogP contribution in [0.3, 0.4) is 0 Å². The second-order valence-electron chi connectivity index (χ2n) is 11.4. The lowest BCUT2D eigenvalue weighted by Gasteiger charge is -2.37. The Morgan fingerprint density at radius 2 is 1.83 bits per heavy atom. The van der Waals surface area contributed by atoms with Gasteiger partial charge in [-0.3, -0.25) is 9.69 Å². The summed E-state index contributed by atoms with van der Waals surface area (Å²) in [4.78, 5) is 29.2. The van der Waals surface area contributed by atoms with Gasteiger partial charge in [-0.05, 0) is 81.2 Å². The molecule has 2 aliphatic rings. The quantitative estimate of drug-likeness (QED) is 0.208. The molecular formula is C33H36ClN3O5. The minimum atomic E-state index is -0.504. The number of furan rings is 1. The highest BCUT2D eigenvalue weighted by Crippen LogP contribution is 2.36. The van der Waals surface area contributed by atoms with Gasteiger partial charge in [-0.25, -0.2) is 9.48 Å². The molecule has 1 saturated carbocycles. The van der Waals surface area contributed by atoms with Gasteiger partial charge in [0.25, 0.3) is 0 Å². The van der Waals surface area contributed by atoms with E-state index in [0.717, 1.165) is 47.8 Å². The standard InChI is InChI=1S/C33H36ClN3O5/c1-3-41-33(39)28-20-36(26-10-11-27(29(34)19-26)24-9-8-22-12-17-42-30(22)18-24)35-31(28)37(25-13-15-40-16-14-25)32(38)23-6-4-21(2)5-7-23/h8-12,17-21,23,25H,3-7,13-16H2,1-2H3. The summed E-state index contributed by atoms with van der Waals surface area (Å²) in [6, 6.07) is 13.4. The third-order valence-corrected chi connectivity index (χ3v) is 8.87. The van der Waals surface area contributed by atoms with E-state index < -0.39 is 5.97 Å². The SMILES string of the molecule is CCOC(=O)c1cn(-c2ccc(-c3ccc4ccoc4c3)c(Cl)c2)nc1N(C(=O)C1CCC(C)CC1)C1CCOCC1. The molecule has 0 unspecified atom stereocenters. The molecule has 0 atom stereocenters. The highest BCUT2D eigenvalue weighted by Gasteiger charge is 2.37. The maximum absolute atomic E-state index is 14.2. The summed E-state index contributed by atoms with van der Waals surface area (Å²) < 4.78 is 18.2. The molecule has 1 aliphatic heterocycles. The van der Waals surface area contributed by atoms with Gasteiger partial charge >= 0.3 is 5.97 Å². The number of benzene rings is 2. The van der Waals surface area contributed by atoms with E-state index in [-0.39, 0.29) is 30.0 Å². The summed E-state index contributed by atoms with van der Waals surface area (Å²) in [6.07, 6.45) is 8.42. The van der Waals surface area contributed by atoms with E-state index in [1.165, 1.54) is 0 Å². The summed E-state index contributed by atoms with van der Waals surface area (Å²) in [5, 5.41) is 6.43. The first kappa shape index (κ1) is 28.5. The third kappa shape index (κ3) is 5.70. The van der Waals surface area contributed by atoms with Gasteiger partial charge in [-0.2, -0.15) is 0 Å². The zero-order chi connectivity index (χ0) is 29.2. The first-order chi connectivity index (χ1) is 20.4. The molecule has 1 aliphatic carbocycles. The second kappa shape index (κ2) is 12.3. The molecule has 220 valence electrons. The topological polar surface area (TPSA) is 86.8 Å². The van der Waals surface area contributed by atoms with Crippen LogP contribution in [-0.2, 0) is 14.3 Å². The molecule has 6 rings (SSSR count). The van der Waals surface area contributed by atoms with Crippen molar-refractivity contribution < 1.29 is 23.5 Å². The van der Waals surface area contributed by atoms with Crippen LogP contribution < -0.4 is 4.90 Å². The molecule has 0 radical (unpaired) electrons. The van der Waals surface area contributed by atoms with E-state index in [0.29, 0.717) is 48.5 Å². The van der Waals surface area contributed by atoms with E-state index in [2.05, 4.69) is 6.92 Å². The molecule has 4 aromatic rings. The second-order valence-corrected chi connectivity index (χ2v) is 11.8. The number of anilines is 1. The fourth-order valence-corrected chi connectivity index (χ4v) is 6.42. The lowest BCUT2D eigenvalue weighted by Crippen LogP contribution is -2.47. The van der Waals surface area contributed by atoms with Gasteiger partial charge in [0.1, 0.15) is 11.1 Å². The monoisotopic (exact) mass is 589 g/mol. The maximum Gasteiger partial charge on any atom is 0.343 e. The number of nitrogens with zero attached hydrogens (tertiary/aromatic N) is 3. The van der Waals surface area contributed by atoms with Gasteiger partial charge in [0.05, 0.1) is 23.6 Å². The predicted molar refractivity (Wildman–Crippen MR) is 162 cm³/mol. The number of hydrogen-bond donors (Lipinski definition) is 0. The number of hydrogen-bond acceptors (Lipinski definition) is 6. The van der Waals surface area contributed by atoms with Gasteiger partial charge in [-0.15, -0.1) is 5.10 Å². The van der Waals surface area contributed by atoms with Gasteiger partial charge in [0.15, 0.2) is 5.82 Å². The maximum atomic E-state index is 14.2. The number of aromatic nitrogens is 2. The first-order valence-electron chi connectivity index (χ1n) is 14.9. The van der Waals surface area contributed by atoms with Crippen LogP contribution in [0.1, 0.15) is 62.7 Å². The van der Waals surface area contributed by atoms with Gasteiger partial charge in [0.2, 0.25) is 5.91 Å². The summed E-state index contributed by atoms with van der Waals surface area (Å²) >= 11 is 6.80. The average molecular weight is 590 g/mol. The molecule has 2 aromatic heterocycles. The van der Waals surface area contributed by atoms with E-state index in [4.69, 9.17) is 30.6 Å². The van der Waals surface area contributed by atoms with Crippen LogP contribution in [0.4, 0.5) is 5.82 Å². The van der Waals surface area contributed by atoms with E-state index in [1.807, 2.05) is 42.5 Å².